The molecular weight excluding hydrogens is 574 g/mol. The first-order valence-electron chi connectivity index (χ1n) is 14.7. The SMILES string of the molecule is CC1=C(C(=O)OCCOCC=Cc2ccc(Cc3cccnc3)cc2)C(c2cccc([N+](=O)[O-])c2)C(C(=O)OC(C)C)=C(C)N1. The van der Waals surface area contributed by atoms with Crippen LogP contribution in [0.3, 0.4) is 0 Å². The van der Waals surface area contributed by atoms with E-state index >= 15 is 0 Å². The number of ether oxygens (including phenoxy) is 3. The van der Waals surface area contributed by atoms with Gasteiger partial charge in [0.2, 0.25) is 0 Å². The molecule has 45 heavy (non-hydrogen) atoms. The minimum absolute atomic E-state index is 0.0252. The Hall–Kier alpha value is -5.09. The van der Waals surface area contributed by atoms with Crippen LogP contribution in [0.15, 0.2) is 102 Å². The third kappa shape index (κ3) is 8.96. The van der Waals surface area contributed by atoms with E-state index < -0.39 is 28.9 Å². The minimum atomic E-state index is -0.926. The monoisotopic (exact) mass is 611 g/mol. The Labute approximate surface area is 262 Å². The standard InChI is InChI=1S/C35H37N3O7/c1-23(2)45-35(40)32-25(4)37-24(3)31(33(32)29-10-5-11-30(21-29)38(41)42)34(39)44-19-18-43-17-7-9-26-12-14-27(15-13-26)20-28-8-6-16-36-22-28/h5-16,21-23,33,37H,17-20H2,1-4H3. The molecule has 2 aromatic carbocycles. The molecule has 0 radical (unpaired) electrons. The molecule has 0 fully saturated rings. The quantitative estimate of drug-likeness (QED) is 0.106. The smallest absolute Gasteiger partial charge is 0.337 e. The van der Waals surface area contributed by atoms with E-state index in [-0.39, 0.29) is 30.0 Å². The Bertz CT molecular complexity index is 1610. The molecule has 0 aliphatic carbocycles. The number of carbonyl (C=O) groups is 2. The summed E-state index contributed by atoms with van der Waals surface area (Å²) in [6.45, 7) is 7.28. The van der Waals surface area contributed by atoms with E-state index in [1.807, 2.05) is 42.6 Å². The maximum absolute atomic E-state index is 13.4. The summed E-state index contributed by atoms with van der Waals surface area (Å²) >= 11 is 0. The molecule has 1 aromatic heterocycles. The van der Waals surface area contributed by atoms with E-state index in [1.165, 1.54) is 23.8 Å². The molecule has 1 atom stereocenters. The van der Waals surface area contributed by atoms with E-state index in [0.29, 0.717) is 23.6 Å². The summed E-state index contributed by atoms with van der Waals surface area (Å²) in [5.41, 5.74) is 4.95. The number of dihydropyridines is 1. The molecule has 2 heterocycles. The van der Waals surface area contributed by atoms with Crippen LogP contribution in [0.4, 0.5) is 5.69 Å². The maximum Gasteiger partial charge on any atom is 0.337 e. The van der Waals surface area contributed by atoms with Crippen LogP contribution in [0, 0.1) is 10.1 Å². The average Bonchev–Trinajstić information content (AvgIpc) is 3.01. The summed E-state index contributed by atoms with van der Waals surface area (Å²) in [6.07, 6.45) is 7.87. The van der Waals surface area contributed by atoms with Crippen molar-refractivity contribution in [1.82, 2.24) is 10.3 Å². The molecule has 0 saturated heterocycles. The van der Waals surface area contributed by atoms with E-state index in [4.69, 9.17) is 14.2 Å². The number of nitro benzene ring substituents is 1. The van der Waals surface area contributed by atoms with Crippen LogP contribution in [-0.4, -0.2) is 47.8 Å². The number of rotatable bonds is 13. The van der Waals surface area contributed by atoms with Crippen molar-refractivity contribution in [3.8, 4) is 0 Å². The second-order valence-electron chi connectivity index (χ2n) is 10.8. The lowest BCUT2D eigenvalue weighted by Gasteiger charge is -2.30. The highest BCUT2D eigenvalue weighted by Crippen LogP contribution is 2.40. The first-order chi connectivity index (χ1) is 21.6. The highest BCUT2D eigenvalue weighted by Gasteiger charge is 2.38. The summed E-state index contributed by atoms with van der Waals surface area (Å²) in [5.74, 6) is -2.21. The number of non-ortho nitro benzene ring substituents is 1. The molecule has 1 aliphatic rings. The van der Waals surface area contributed by atoms with Gasteiger partial charge in [0.25, 0.3) is 5.69 Å². The Kier molecular flexibility index (Phi) is 11.4. The number of benzene rings is 2. The molecule has 1 aliphatic heterocycles. The number of nitro groups is 1. The summed E-state index contributed by atoms with van der Waals surface area (Å²) in [6, 6.07) is 18.1. The molecule has 0 spiro atoms. The van der Waals surface area contributed by atoms with Gasteiger partial charge in [0.1, 0.15) is 6.61 Å². The van der Waals surface area contributed by atoms with Crippen LogP contribution >= 0.6 is 0 Å². The molecule has 0 saturated carbocycles. The Morgan fingerprint density at radius 1 is 0.978 bits per heavy atom. The fourth-order valence-corrected chi connectivity index (χ4v) is 5.06. The van der Waals surface area contributed by atoms with Gasteiger partial charge in [-0.3, -0.25) is 15.1 Å². The number of nitrogens with zero attached hydrogens (tertiary/aromatic N) is 2. The molecule has 10 nitrogen and oxygen atoms in total. The number of esters is 2. The fourth-order valence-electron chi connectivity index (χ4n) is 5.06. The van der Waals surface area contributed by atoms with Crippen molar-refractivity contribution in [3.63, 3.8) is 0 Å². The van der Waals surface area contributed by atoms with E-state index in [2.05, 4.69) is 22.4 Å². The van der Waals surface area contributed by atoms with Crippen LogP contribution in [0.25, 0.3) is 6.08 Å². The van der Waals surface area contributed by atoms with Gasteiger partial charge in [0, 0.05) is 35.9 Å². The van der Waals surface area contributed by atoms with Crippen molar-refractivity contribution in [3.05, 3.63) is 134 Å². The molecular formula is C35H37N3O7. The largest absolute Gasteiger partial charge is 0.460 e. The van der Waals surface area contributed by atoms with E-state index in [9.17, 15) is 19.7 Å². The Morgan fingerprint density at radius 3 is 2.38 bits per heavy atom. The second kappa shape index (κ2) is 15.6. The highest BCUT2D eigenvalue weighted by atomic mass is 16.6. The zero-order chi connectivity index (χ0) is 32.3. The van der Waals surface area contributed by atoms with Gasteiger partial charge in [0.15, 0.2) is 0 Å². The summed E-state index contributed by atoms with van der Waals surface area (Å²) in [4.78, 5) is 41.8. The van der Waals surface area contributed by atoms with Crippen molar-refractivity contribution in [1.29, 1.82) is 0 Å². The summed E-state index contributed by atoms with van der Waals surface area (Å²) in [5, 5.41) is 14.6. The molecule has 234 valence electrons. The lowest BCUT2D eigenvalue weighted by Crippen LogP contribution is -2.33. The van der Waals surface area contributed by atoms with Crippen LogP contribution in [0.5, 0.6) is 0 Å². The number of pyridine rings is 1. The number of nitrogens with one attached hydrogen (secondary N) is 1. The lowest BCUT2D eigenvalue weighted by molar-refractivity contribution is -0.384. The number of hydrogen-bond donors (Lipinski definition) is 1. The van der Waals surface area contributed by atoms with Crippen molar-refractivity contribution in [2.45, 2.75) is 46.1 Å². The molecule has 3 aromatic rings. The number of aromatic nitrogens is 1. The predicted molar refractivity (Wildman–Crippen MR) is 170 cm³/mol. The van der Waals surface area contributed by atoms with Crippen molar-refractivity contribution < 1.29 is 28.7 Å². The lowest BCUT2D eigenvalue weighted by atomic mass is 9.80. The van der Waals surface area contributed by atoms with Crippen molar-refractivity contribution >= 4 is 23.7 Å². The predicted octanol–water partition coefficient (Wildman–Crippen LogP) is 6.04. The van der Waals surface area contributed by atoms with Gasteiger partial charge in [-0.2, -0.15) is 0 Å². The van der Waals surface area contributed by atoms with Crippen LogP contribution < -0.4 is 5.32 Å². The van der Waals surface area contributed by atoms with Crippen molar-refractivity contribution in [2.24, 2.45) is 0 Å². The van der Waals surface area contributed by atoms with Crippen LogP contribution in [0.2, 0.25) is 0 Å². The Morgan fingerprint density at radius 2 is 1.71 bits per heavy atom. The Balaban J connectivity index is 1.36. The zero-order valence-electron chi connectivity index (χ0n) is 25.8. The van der Waals surface area contributed by atoms with Gasteiger partial charge in [-0.15, -0.1) is 0 Å². The van der Waals surface area contributed by atoms with Crippen LogP contribution in [-0.2, 0) is 30.2 Å². The first kappa shape index (κ1) is 32.8. The van der Waals surface area contributed by atoms with Gasteiger partial charge in [-0.25, -0.2) is 9.59 Å². The van der Waals surface area contributed by atoms with Gasteiger partial charge >= 0.3 is 11.9 Å². The van der Waals surface area contributed by atoms with E-state index in [0.717, 1.165) is 17.5 Å². The molecule has 1 unspecified atom stereocenters. The highest BCUT2D eigenvalue weighted by molar-refractivity contribution is 6.00. The maximum atomic E-state index is 13.4. The normalized spacial score (nSPS) is 14.9. The minimum Gasteiger partial charge on any atom is -0.460 e. The third-order valence-electron chi connectivity index (χ3n) is 7.05. The number of allylic oxidation sites excluding steroid dienone is 2. The van der Waals surface area contributed by atoms with Crippen molar-refractivity contribution in [2.75, 3.05) is 19.8 Å². The molecule has 0 amide bonds. The van der Waals surface area contributed by atoms with Gasteiger partial charge in [-0.1, -0.05) is 54.6 Å². The molecule has 1 N–H and O–H groups in total. The number of hydrogen-bond acceptors (Lipinski definition) is 9. The van der Waals surface area contributed by atoms with Gasteiger partial charge in [0.05, 0.1) is 41.3 Å². The molecule has 4 rings (SSSR count). The topological polar surface area (TPSA) is 130 Å². The third-order valence-corrected chi connectivity index (χ3v) is 7.05. The first-order valence-corrected chi connectivity index (χ1v) is 14.7. The van der Waals surface area contributed by atoms with Gasteiger partial charge < -0.3 is 19.5 Å². The van der Waals surface area contributed by atoms with E-state index in [1.54, 1.807) is 40.0 Å². The summed E-state index contributed by atoms with van der Waals surface area (Å²) < 4.78 is 16.7. The summed E-state index contributed by atoms with van der Waals surface area (Å²) in [7, 11) is 0. The zero-order valence-corrected chi connectivity index (χ0v) is 25.8. The average molecular weight is 612 g/mol. The molecule has 10 heteroatoms. The van der Waals surface area contributed by atoms with Crippen LogP contribution in [0.1, 0.15) is 55.9 Å². The van der Waals surface area contributed by atoms with Gasteiger partial charge in [-0.05, 0) is 62.4 Å². The second-order valence-corrected chi connectivity index (χ2v) is 10.8. The fraction of sp³-hybridized carbons (Fsp3) is 0.286. The number of carbonyl (C=O) groups excluding carboxylic acids is 2. The molecule has 0 bridgehead atoms.